The lowest BCUT2D eigenvalue weighted by atomic mass is 10.3. The number of rotatable bonds is 6. The Labute approximate surface area is 84.4 Å². The molecule has 13 heavy (non-hydrogen) atoms. The molecule has 0 saturated carbocycles. The van der Waals surface area contributed by atoms with Gasteiger partial charge in [-0.1, -0.05) is 24.7 Å². The predicted octanol–water partition coefficient (Wildman–Crippen LogP) is 2.82. The fourth-order valence-electron chi connectivity index (χ4n) is 0.957. The van der Waals surface area contributed by atoms with Gasteiger partial charge in [0.15, 0.2) is 0 Å². The maximum absolute atomic E-state index is 12.0. The summed E-state index contributed by atoms with van der Waals surface area (Å²) in [5, 5.41) is 0. The molecule has 0 aliphatic rings. The predicted molar refractivity (Wildman–Crippen MR) is 59.3 cm³/mol. The highest BCUT2D eigenvalue weighted by atomic mass is 32.7. The third kappa shape index (κ3) is 3.45. The molecule has 5 heteroatoms. The van der Waals surface area contributed by atoms with Gasteiger partial charge < -0.3 is 0 Å². The number of unbranched alkanes of at least 4 members (excludes halogenated alkanes) is 1. The maximum atomic E-state index is 12.0. The highest BCUT2D eigenvalue weighted by Gasteiger charge is 2.32. The van der Waals surface area contributed by atoms with Crippen LogP contribution in [0.25, 0.3) is 0 Å². The van der Waals surface area contributed by atoms with Gasteiger partial charge >= 0.3 is 0 Å². The van der Waals surface area contributed by atoms with Crippen LogP contribution in [0.2, 0.25) is 0 Å². The molecule has 0 aromatic heterocycles. The molecule has 78 valence electrons. The Kier molecular flexibility index (Phi) is 5.93. The Morgan fingerprint density at radius 2 is 2.00 bits per heavy atom. The quantitative estimate of drug-likeness (QED) is 0.649. The number of carbonyl (C=O) groups excluding carboxylic acids is 1. The maximum Gasteiger partial charge on any atom is 0.265 e. The molecule has 0 aliphatic carbocycles. The lowest BCUT2D eigenvalue weighted by Gasteiger charge is -2.20. The Morgan fingerprint density at radius 1 is 1.46 bits per heavy atom. The minimum absolute atomic E-state index is 0.105. The van der Waals surface area contributed by atoms with Crippen molar-refractivity contribution in [2.24, 2.45) is 0 Å². The number of hydrogen-bond acceptors (Lipinski definition) is 3. The van der Waals surface area contributed by atoms with E-state index in [1.54, 1.807) is 25.0 Å². The van der Waals surface area contributed by atoms with E-state index in [-0.39, 0.29) is 5.52 Å². The van der Waals surface area contributed by atoms with Gasteiger partial charge in [0.1, 0.15) is 0 Å². The molecule has 0 aromatic rings. The largest absolute Gasteiger partial charge is 0.289 e. The van der Waals surface area contributed by atoms with Crippen LogP contribution in [-0.2, 0) is 9.36 Å². The van der Waals surface area contributed by atoms with Gasteiger partial charge in [0.2, 0.25) is 5.52 Å². The number of hydrogen-bond donors (Lipinski definition) is 0. The van der Waals surface area contributed by atoms with Crippen LogP contribution in [-0.4, -0.2) is 30.5 Å². The van der Waals surface area contributed by atoms with Gasteiger partial charge in [0, 0.05) is 6.42 Å². The first-order valence-corrected chi connectivity index (χ1v) is 7.85. The van der Waals surface area contributed by atoms with Crippen LogP contribution in [0.15, 0.2) is 0 Å². The van der Waals surface area contributed by atoms with Gasteiger partial charge in [-0.15, -0.1) is 0 Å². The molecule has 3 nitrogen and oxygen atoms in total. The molecule has 0 fully saturated rings. The number of nitrogens with zero attached hydrogens (tertiary/aromatic N) is 1. The van der Waals surface area contributed by atoms with Gasteiger partial charge in [-0.2, -0.15) is 0 Å². The summed E-state index contributed by atoms with van der Waals surface area (Å²) >= 11 is 1.17. The lowest BCUT2D eigenvalue weighted by Crippen LogP contribution is -2.13. The third-order valence-electron chi connectivity index (χ3n) is 1.83. The molecule has 0 heterocycles. The minimum atomic E-state index is -2.78. The highest BCUT2D eigenvalue weighted by Crippen LogP contribution is 2.60. The smallest absolute Gasteiger partial charge is 0.265 e. The van der Waals surface area contributed by atoms with E-state index in [1.807, 2.05) is 6.92 Å². The Hall–Kier alpha value is 0.210. The molecular formula is C8H18NO2PS. The Bertz CT molecular complexity index is 218. The van der Waals surface area contributed by atoms with Crippen molar-refractivity contribution in [1.82, 2.24) is 4.67 Å². The molecular weight excluding hydrogens is 205 g/mol. The average molecular weight is 223 g/mol. The second kappa shape index (κ2) is 5.84. The van der Waals surface area contributed by atoms with Crippen LogP contribution in [0.4, 0.5) is 0 Å². The van der Waals surface area contributed by atoms with Gasteiger partial charge in [0.05, 0.1) is 0 Å². The van der Waals surface area contributed by atoms with Crippen LogP contribution in [0.1, 0.15) is 26.2 Å². The molecule has 1 unspecified atom stereocenters. The molecule has 1 atom stereocenters. The van der Waals surface area contributed by atoms with Crippen molar-refractivity contribution in [2.45, 2.75) is 26.2 Å². The summed E-state index contributed by atoms with van der Waals surface area (Å²) in [5.41, 5.74) is -0.105. The zero-order valence-electron chi connectivity index (χ0n) is 8.74. The van der Waals surface area contributed by atoms with E-state index in [1.165, 1.54) is 11.4 Å². The zero-order valence-corrected chi connectivity index (χ0v) is 10.5. The topological polar surface area (TPSA) is 37.4 Å². The fourth-order valence-corrected chi connectivity index (χ4v) is 4.24. The minimum Gasteiger partial charge on any atom is -0.289 e. The Morgan fingerprint density at radius 3 is 2.31 bits per heavy atom. The van der Waals surface area contributed by atoms with Crippen LogP contribution in [0.5, 0.6) is 0 Å². The second-order valence-corrected chi connectivity index (χ2v) is 8.33. The standard InChI is InChI=1S/C8H18NO2PS/c1-5-6-7-8(10)12(11,13-4)9(2)3/h5-7H2,1-4H3. The van der Waals surface area contributed by atoms with Crippen LogP contribution < -0.4 is 0 Å². The summed E-state index contributed by atoms with van der Waals surface area (Å²) in [6.45, 7) is -0.761. The summed E-state index contributed by atoms with van der Waals surface area (Å²) in [7, 11) is 3.39. The molecule has 0 spiro atoms. The van der Waals surface area contributed by atoms with E-state index in [0.29, 0.717) is 6.42 Å². The monoisotopic (exact) mass is 223 g/mol. The van der Waals surface area contributed by atoms with Crippen molar-refractivity contribution in [2.75, 3.05) is 20.4 Å². The first kappa shape index (κ1) is 13.2. The summed E-state index contributed by atoms with van der Waals surface area (Å²) in [6, 6.07) is 0. The molecule has 0 aromatic carbocycles. The third-order valence-corrected chi connectivity index (χ3v) is 7.31. The van der Waals surface area contributed by atoms with Crippen molar-refractivity contribution in [3.8, 4) is 0 Å². The average Bonchev–Trinajstić information content (AvgIpc) is 2.12. The Balaban J connectivity index is 4.40. The van der Waals surface area contributed by atoms with Crippen molar-refractivity contribution >= 4 is 23.4 Å². The summed E-state index contributed by atoms with van der Waals surface area (Å²) in [6.07, 6.45) is 3.96. The van der Waals surface area contributed by atoms with E-state index < -0.39 is 6.49 Å². The zero-order chi connectivity index (χ0) is 10.5. The van der Waals surface area contributed by atoms with Crippen LogP contribution >= 0.6 is 17.9 Å². The first-order valence-electron chi connectivity index (χ1n) is 4.36. The molecule has 0 aliphatic heterocycles. The molecule has 0 bridgehead atoms. The molecule has 0 N–H and O–H groups in total. The molecule has 0 amide bonds. The first-order chi connectivity index (χ1) is 5.99. The van der Waals surface area contributed by atoms with Crippen molar-refractivity contribution in [3.63, 3.8) is 0 Å². The number of carbonyl (C=O) groups is 1. The molecule has 0 saturated heterocycles. The highest BCUT2D eigenvalue weighted by molar-refractivity contribution is 8.61. The van der Waals surface area contributed by atoms with Crippen molar-refractivity contribution in [3.05, 3.63) is 0 Å². The molecule has 0 radical (unpaired) electrons. The van der Waals surface area contributed by atoms with E-state index in [2.05, 4.69) is 0 Å². The summed E-state index contributed by atoms with van der Waals surface area (Å²) in [5.74, 6) is 0. The van der Waals surface area contributed by atoms with E-state index >= 15 is 0 Å². The van der Waals surface area contributed by atoms with E-state index in [0.717, 1.165) is 12.8 Å². The summed E-state index contributed by atoms with van der Waals surface area (Å²) in [4.78, 5) is 11.6. The van der Waals surface area contributed by atoms with E-state index in [9.17, 15) is 9.36 Å². The summed E-state index contributed by atoms with van der Waals surface area (Å²) < 4.78 is 13.6. The van der Waals surface area contributed by atoms with Gasteiger partial charge in [-0.25, -0.2) is 4.67 Å². The van der Waals surface area contributed by atoms with E-state index in [4.69, 9.17) is 0 Å². The lowest BCUT2D eigenvalue weighted by molar-refractivity contribution is -0.112. The van der Waals surface area contributed by atoms with Gasteiger partial charge in [-0.05, 0) is 26.8 Å². The fraction of sp³-hybridized carbons (Fsp3) is 0.875. The van der Waals surface area contributed by atoms with Crippen molar-refractivity contribution < 1.29 is 9.36 Å². The normalized spacial score (nSPS) is 15.8. The SMILES string of the molecule is CCCCC(=O)P(=O)(SC)N(C)C. The van der Waals surface area contributed by atoms with Gasteiger partial charge in [-0.3, -0.25) is 9.36 Å². The molecule has 0 rings (SSSR count). The van der Waals surface area contributed by atoms with Crippen LogP contribution in [0.3, 0.4) is 0 Å². The van der Waals surface area contributed by atoms with Crippen molar-refractivity contribution in [1.29, 1.82) is 0 Å². The van der Waals surface area contributed by atoms with Gasteiger partial charge in [0.25, 0.3) is 6.49 Å². The second-order valence-electron chi connectivity index (χ2n) is 3.05. The van der Waals surface area contributed by atoms with Crippen LogP contribution in [0, 0.1) is 0 Å².